The van der Waals surface area contributed by atoms with E-state index in [1.54, 1.807) is 12.4 Å². The Balaban J connectivity index is 1.24. The summed E-state index contributed by atoms with van der Waals surface area (Å²) in [6.07, 6.45) is 3.54. The summed E-state index contributed by atoms with van der Waals surface area (Å²) < 4.78 is 2.88. The maximum atomic E-state index is 12.5. The number of aryl methyl sites for hydroxylation is 1. The summed E-state index contributed by atoms with van der Waals surface area (Å²) in [5, 5.41) is 7.56. The van der Waals surface area contributed by atoms with E-state index in [2.05, 4.69) is 46.1 Å². The standard InChI is InChI=1S/C22H26BrN7O/c1-16-20(23)17(2)30(27-16)19-6-4-18(5-7-19)21(31)24-10-11-28-12-14-29(15-13-28)22-25-8-3-9-26-22/h3-9H,10-15H2,1-2H3,(H,24,31). The maximum absolute atomic E-state index is 12.5. The largest absolute Gasteiger partial charge is 0.351 e. The second-order valence-corrected chi connectivity index (χ2v) is 8.37. The number of piperazine rings is 1. The predicted octanol–water partition coefficient (Wildman–Crippen LogP) is 2.59. The average molecular weight is 484 g/mol. The van der Waals surface area contributed by atoms with Gasteiger partial charge >= 0.3 is 0 Å². The Morgan fingerprint density at radius 2 is 1.74 bits per heavy atom. The number of hydrogen-bond donors (Lipinski definition) is 1. The van der Waals surface area contributed by atoms with Crippen LogP contribution in [-0.4, -0.2) is 69.8 Å². The molecule has 31 heavy (non-hydrogen) atoms. The van der Waals surface area contributed by atoms with Gasteiger partial charge in [-0.2, -0.15) is 5.10 Å². The molecular formula is C22H26BrN7O. The number of halogens is 1. The lowest BCUT2D eigenvalue weighted by atomic mass is 10.2. The van der Waals surface area contributed by atoms with E-state index in [-0.39, 0.29) is 5.91 Å². The van der Waals surface area contributed by atoms with Crippen molar-refractivity contribution >= 4 is 27.8 Å². The van der Waals surface area contributed by atoms with Gasteiger partial charge in [0.05, 0.1) is 21.5 Å². The molecule has 3 aromatic rings. The van der Waals surface area contributed by atoms with Crippen molar-refractivity contribution < 1.29 is 4.79 Å². The van der Waals surface area contributed by atoms with E-state index in [1.807, 2.05) is 48.9 Å². The lowest BCUT2D eigenvalue weighted by Gasteiger charge is -2.34. The lowest BCUT2D eigenvalue weighted by Crippen LogP contribution is -2.49. The van der Waals surface area contributed by atoms with Gasteiger partial charge in [0, 0.05) is 57.2 Å². The fourth-order valence-corrected chi connectivity index (χ4v) is 3.93. The topological polar surface area (TPSA) is 79.2 Å². The summed E-state index contributed by atoms with van der Waals surface area (Å²) in [6.45, 7) is 9.06. The maximum Gasteiger partial charge on any atom is 0.251 e. The molecule has 0 atom stereocenters. The van der Waals surface area contributed by atoms with Gasteiger partial charge in [-0.1, -0.05) is 0 Å². The number of hydrogen-bond acceptors (Lipinski definition) is 6. The Kier molecular flexibility index (Phi) is 6.62. The zero-order valence-corrected chi connectivity index (χ0v) is 19.3. The van der Waals surface area contributed by atoms with Gasteiger partial charge in [-0.05, 0) is 60.1 Å². The highest BCUT2D eigenvalue weighted by Crippen LogP contribution is 2.23. The molecular weight excluding hydrogens is 458 g/mol. The minimum absolute atomic E-state index is 0.0579. The third-order valence-corrected chi connectivity index (χ3v) is 6.65. The Bertz CT molecular complexity index is 1030. The average Bonchev–Trinajstić information content (AvgIpc) is 3.07. The van der Waals surface area contributed by atoms with Crippen molar-refractivity contribution in [1.29, 1.82) is 0 Å². The molecule has 1 fully saturated rings. The number of benzene rings is 1. The molecule has 0 aliphatic carbocycles. The highest BCUT2D eigenvalue weighted by atomic mass is 79.9. The number of amides is 1. The highest BCUT2D eigenvalue weighted by Gasteiger charge is 2.18. The van der Waals surface area contributed by atoms with Crippen LogP contribution in [0.5, 0.6) is 0 Å². The smallest absolute Gasteiger partial charge is 0.251 e. The molecule has 1 N–H and O–H groups in total. The van der Waals surface area contributed by atoms with Crippen LogP contribution in [0.25, 0.3) is 5.69 Å². The molecule has 0 bridgehead atoms. The third-order valence-electron chi connectivity index (χ3n) is 5.50. The molecule has 4 rings (SSSR count). The first kappa shape index (κ1) is 21.5. The van der Waals surface area contributed by atoms with Gasteiger partial charge in [0.15, 0.2) is 0 Å². The van der Waals surface area contributed by atoms with Gasteiger partial charge in [-0.15, -0.1) is 0 Å². The zero-order chi connectivity index (χ0) is 21.8. The van der Waals surface area contributed by atoms with Crippen molar-refractivity contribution in [1.82, 2.24) is 30.0 Å². The summed E-state index contributed by atoms with van der Waals surface area (Å²) in [5.74, 6) is 0.726. The fourth-order valence-electron chi connectivity index (χ4n) is 3.68. The van der Waals surface area contributed by atoms with Gasteiger partial charge in [-0.3, -0.25) is 9.69 Å². The summed E-state index contributed by atoms with van der Waals surface area (Å²) in [5.41, 5.74) is 3.56. The van der Waals surface area contributed by atoms with E-state index in [1.165, 1.54) is 0 Å². The molecule has 1 saturated heterocycles. The zero-order valence-electron chi connectivity index (χ0n) is 17.8. The molecule has 0 saturated carbocycles. The molecule has 3 heterocycles. The number of carbonyl (C=O) groups excluding carboxylic acids is 1. The monoisotopic (exact) mass is 483 g/mol. The van der Waals surface area contributed by atoms with Gasteiger partial charge in [0.1, 0.15) is 0 Å². The number of carbonyl (C=O) groups is 1. The number of anilines is 1. The van der Waals surface area contributed by atoms with E-state index in [4.69, 9.17) is 0 Å². The predicted molar refractivity (Wildman–Crippen MR) is 124 cm³/mol. The van der Waals surface area contributed by atoms with Crippen molar-refractivity contribution in [3.05, 3.63) is 64.1 Å². The number of nitrogens with zero attached hydrogens (tertiary/aromatic N) is 6. The first-order valence-corrected chi connectivity index (χ1v) is 11.2. The van der Waals surface area contributed by atoms with Crippen molar-refractivity contribution in [2.45, 2.75) is 13.8 Å². The van der Waals surface area contributed by atoms with E-state index in [9.17, 15) is 4.79 Å². The molecule has 1 aromatic carbocycles. The molecule has 2 aromatic heterocycles. The molecule has 0 unspecified atom stereocenters. The summed E-state index contributed by atoms with van der Waals surface area (Å²) in [4.78, 5) is 25.7. The highest BCUT2D eigenvalue weighted by molar-refractivity contribution is 9.10. The number of nitrogens with one attached hydrogen (secondary N) is 1. The normalized spacial score (nSPS) is 14.6. The Labute approximate surface area is 190 Å². The molecule has 1 aliphatic heterocycles. The van der Waals surface area contributed by atoms with Gasteiger partial charge in [-0.25, -0.2) is 14.6 Å². The van der Waals surface area contributed by atoms with Gasteiger partial charge < -0.3 is 10.2 Å². The van der Waals surface area contributed by atoms with E-state index in [0.717, 1.165) is 60.2 Å². The van der Waals surface area contributed by atoms with Crippen LogP contribution >= 0.6 is 15.9 Å². The summed E-state index contributed by atoms with van der Waals surface area (Å²) in [6, 6.07) is 9.35. The van der Waals surface area contributed by atoms with Crippen LogP contribution < -0.4 is 10.2 Å². The molecule has 0 spiro atoms. The molecule has 8 nitrogen and oxygen atoms in total. The SMILES string of the molecule is Cc1nn(-c2ccc(C(=O)NCCN3CCN(c4ncccn4)CC3)cc2)c(C)c1Br. The van der Waals surface area contributed by atoms with E-state index in [0.29, 0.717) is 12.1 Å². The van der Waals surface area contributed by atoms with Crippen LogP contribution in [0.2, 0.25) is 0 Å². The van der Waals surface area contributed by atoms with Gasteiger partial charge in [0.2, 0.25) is 5.95 Å². The number of aromatic nitrogens is 4. The van der Waals surface area contributed by atoms with Crippen LogP contribution in [0, 0.1) is 13.8 Å². The van der Waals surface area contributed by atoms with E-state index >= 15 is 0 Å². The van der Waals surface area contributed by atoms with Crippen LogP contribution in [0.1, 0.15) is 21.7 Å². The van der Waals surface area contributed by atoms with Crippen LogP contribution in [0.4, 0.5) is 5.95 Å². The van der Waals surface area contributed by atoms with Crippen molar-refractivity contribution in [2.24, 2.45) is 0 Å². The minimum Gasteiger partial charge on any atom is -0.351 e. The Hall–Kier alpha value is -2.78. The lowest BCUT2D eigenvalue weighted by molar-refractivity contribution is 0.0948. The molecule has 0 radical (unpaired) electrons. The first-order chi connectivity index (χ1) is 15.0. The minimum atomic E-state index is -0.0579. The second-order valence-electron chi connectivity index (χ2n) is 7.58. The number of rotatable bonds is 6. The van der Waals surface area contributed by atoms with Crippen LogP contribution in [-0.2, 0) is 0 Å². The quantitative estimate of drug-likeness (QED) is 0.580. The molecule has 1 aliphatic rings. The molecule has 1 amide bonds. The fraction of sp³-hybridized carbons (Fsp3) is 0.364. The van der Waals surface area contributed by atoms with E-state index < -0.39 is 0 Å². The first-order valence-electron chi connectivity index (χ1n) is 10.4. The Morgan fingerprint density at radius 3 is 2.35 bits per heavy atom. The second kappa shape index (κ2) is 9.57. The summed E-state index contributed by atoms with van der Waals surface area (Å²) >= 11 is 3.55. The van der Waals surface area contributed by atoms with Crippen LogP contribution in [0.3, 0.4) is 0 Å². The summed E-state index contributed by atoms with van der Waals surface area (Å²) in [7, 11) is 0. The molecule has 9 heteroatoms. The molecule has 162 valence electrons. The van der Waals surface area contributed by atoms with Crippen molar-refractivity contribution in [2.75, 3.05) is 44.2 Å². The Morgan fingerprint density at radius 1 is 1.06 bits per heavy atom. The van der Waals surface area contributed by atoms with Crippen LogP contribution in [0.15, 0.2) is 47.2 Å². The van der Waals surface area contributed by atoms with Crippen molar-refractivity contribution in [3.8, 4) is 5.69 Å². The van der Waals surface area contributed by atoms with Gasteiger partial charge in [0.25, 0.3) is 5.91 Å². The van der Waals surface area contributed by atoms with Crippen molar-refractivity contribution in [3.63, 3.8) is 0 Å². The third kappa shape index (κ3) is 4.94.